The van der Waals surface area contributed by atoms with Crippen LogP contribution in [0.15, 0.2) is 30.6 Å². The van der Waals surface area contributed by atoms with Crippen LogP contribution in [0.25, 0.3) is 0 Å². The van der Waals surface area contributed by atoms with Gasteiger partial charge in [0, 0.05) is 13.6 Å². The first-order valence-electron chi connectivity index (χ1n) is 6.55. The molecule has 0 bridgehead atoms. The molecule has 0 radical (unpaired) electrons. The summed E-state index contributed by atoms with van der Waals surface area (Å²) in [6.45, 7) is 4.59. The Morgan fingerprint density at radius 1 is 1.32 bits per heavy atom. The van der Waals surface area contributed by atoms with Crippen LogP contribution in [0.3, 0.4) is 0 Å². The molecule has 1 aromatic carbocycles. The lowest BCUT2D eigenvalue weighted by Crippen LogP contribution is -2.13. The second-order valence-electron chi connectivity index (χ2n) is 4.49. The van der Waals surface area contributed by atoms with Crippen LogP contribution in [-0.4, -0.2) is 21.3 Å². The summed E-state index contributed by atoms with van der Waals surface area (Å²) >= 11 is 0. The van der Waals surface area contributed by atoms with Crippen LogP contribution in [0.1, 0.15) is 24.5 Å². The van der Waals surface area contributed by atoms with E-state index < -0.39 is 0 Å². The zero-order chi connectivity index (χ0) is 13.5. The van der Waals surface area contributed by atoms with Gasteiger partial charge in [0.1, 0.15) is 12.9 Å². The second-order valence-corrected chi connectivity index (χ2v) is 4.49. The first kappa shape index (κ1) is 13.5. The first-order valence-corrected chi connectivity index (χ1v) is 6.55. The predicted octanol–water partition coefficient (Wildman–Crippen LogP) is 1.89. The number of hydrogen-bond acceptors (Lipinski definition) is 4. The van der Waals surface area contributed by atoms with Gasteiger partial charge < -0.3 is 10.1 Å². The fraction of sp³-hybridized carbons (Fsp3) is 0.429. The van der Waals surface area contributed by atoms with Gasteiger partial charge in [0.25, 0.3) is 0 Å². The van der Waals surface area contributed by atoms with Gasteiger partial charge in [0.05, 0.1) is 0 Å². The highest BCUT2D eigenvalue weighted by molar-refractivity contribution is 5.23. The third-order valence-corrected chi connectivity index (χ3v) is 2.69. The molecule has 5 heteroatoms. The molecule has 0 fully saturated rings. The molecule has 2 rings (SSSR count). The van der Waals surface area contributed by atoms with E-state index in [0.717, 1.165) is 25.1 Å². The molecular formula is C14H20N4O. The van der Waals surface area contributed by atoms with Gasteiger partial charge in [-0.2, -0.15) is 4.98 Å². The maximum atomic E-state index is 5.53. The summed E-state index contributed by atoms with van der Waals surface area (Å²) in [5, 5.41) is 7.47. The van der Waals surface area contributed by atoms with Crippen molar-refractivity contribution in [2.45, 2.75) is 26.5 Å². The van der Waals surface area contributed by atoms with Gasteiger partial charge in [-0.1, -0.05) is 31.2 Å². The van der Waals surface area contributed by atoms with E-state index in [9.17, 15) is 0 Å². The van der Waals surface area contributed by atoms with Crippen molar-refractivity contribution in [3.63, 3.8) is 0 Å². The van der Waals surface area contributed by atoms with E-state index in [-0.39, 0.29) is 0 Å². The van der Waals surface area contributed by atoms with Crippen LogP contribution in [0, 0.1) is 0 Å². The summed E-state index contributed by atoms with van der Waals surface area (Å²) in [5.74, 6) is 0. The van der Waals surface area contributed by atoms with E-state index in [1.807, 2.05) is 19.2 Å². The van der Waals surface area contributed by atoms with Crippen LogP contribution >= 0.6 is 0 Å². The van der Waals surface area contributed by atoms with Crippen molar-refractivity contribution in [1.29, 1.82) is 0 Å². The van der Waals surface area contributed by atoms with Gasteiger partial charge in [0.2, 0.25) is 0 Å². The normalized spacial score (nSPS) is 10.6. The molecule has 0 saturated heterocycles. The minimum Gasteiger partial charge on any atom is -0.458 e. The largest absolute Gasteiger partial charge is 0.458 e. The first-order chi connectivity index (χ1) is 9.28. The van der Waals surface area contributed by atoms with Gasteiger partial charge in [-0.05, 0) is 24.1 Å². The Labute approximate surface area is 113 Å². The Morgan fingerprint density at radius 3 is 2.89 bits per heavy atom. The number of benzene rings is 1. The van der Waals surface area contributed by atoms with Gasteiger partial charge >= 0.3 is 6.01 Å². The average Bonchev–Trinajstić information content (AvgIpc) is 2.83. The van der Waals surface area contributed by atoms with Gasteiger partial charge in [-0.3, -0.25) is 4.68 Å². The Balaban J connectivity index is 1.87. The molecule has 19 heavy (non-hydrogen) atoms. The van der Waals surface area contributed by atoms with E-state index >= 15 is 0 Å². The fourth-order valence-electron chi connectivity index (χ4n) is 1.77. The minimum absolute atomic E-state index is 0.414. The molecule has 2 aromatic rings. The van der Waals surface area contributed by atoms with Crippen LogP contribution in [0.4, 0.5) is 0 Å². The number of aryl methyl sites for hydroxylation is 1. The van der Waals surface area contributed by atoms with Crippen molar-refractivity contribution in [1.82, 2.24) is 20.1 Å². The van der Waals surface area contributed by atoms with E-state index in [1.165, 1.54) is 5.56 Å². The molecule has 0 saturated carbocycles. The monoisotopic (exact) mass is 260 g/mol. The minimum atomic E-state index is 0.414. The molecule has 0 atom stereocenters. The van der Waals surface area contributed by atoms with E-state index in [4.69, 9.17) is 4.74 Å². The molecule has 0 spiro atoms. The van der Waals surface area contributed by atoms with Crippen molar-refractivity contribution >= 4 is 0 Å². The lowest BCUT2D eigenvalue weighted by Gasteiger charge is -2.06. The third kappa shape index (κ3) is 4.37. The average molecular weight is 260 g/mol. The van der Waals surface area contributed by atoms with Crippen LogP contribution in [0.2, 0.25) is 0 Å². The SMILES string of the molecule is CCCNCc1cccc(COc2ncn(C)n2)c1. The molecule has 5 nitrogen and oxygen atoms in total. The third-order valence-electron chi connectivity index (χ3n) is 2.69. The molecule has 0 aliphatic heterocycles. The molecular weight excluding hydrogens is 240 g/mol. The molecule has 1 aromatic heterocycles. The summed E-state index contributed by atoms with van der Waals surface area (Å²) < 4.78 is 7.16. The van der Waals surface area contributed by atoms with Crippen molar-refractivity contribution < 1.29 is 4.74 Å². The summed E-state index contributed by atoms with van der Waals surface area (Å²) in [6, 6.07) is 8.77. The lowest BCUT2D eigenvalue weighted by molar-refractivity contribution is 0.280. The number of nitrogens with zero attached hydrogens (tertiary/aromatic N) is 3. The standard InChI is InChI=1S/C14H20N4O/c1-3-7-15-9-12-5-4-6-13(8-12)10-19-14-16-11-18(2)17-14/h4-6,8,11,15H,3,7,9-10H2,1-2H3. The zero-order valence-corrected chi connectivity index (χ0v) is 11.5. The highest BCUT2D eigenvalue weighted by Gasteiger charge is 2.01. The molecule has 1 heterocycles. The van der Waals surface area contributed by atoms with Gasteiger partial charge in [0.15, 0.2) is 0 Å². The van der Waals surface area contributed by atoms with Gasteiger partial charge in [-0.25, -0.2) is 0 Å². The molecule has 0 aliphatic carbocycles. The van der Waals surface area contributed by atoms with Crippen molar-refractivity contribution in [3.8, 4) is 6.01 Å². The molecule has 0 amide bonds. The topological polar surface area (TPSA) is 52.0 Å². The Bertz CT molecular complexity index is 510. The maximum absolute atomic E-state index is 5.53. The van der Waals surface area contributed by atoms with Crippen LogP contribution in [0.5, 0.6) is 6.01 Å². The van der Waals surface area contributed by atoms with E-state index in [2.05, 4.69) is 34.5 Å². The van der Waals surface area contributed by atoms with Gasteiger partial charge in [-0.15, -0.1) is 5.10 Å². The quantitative estimate of drug-likeness (QED) is 0.772. The van der Waals surface area contributed by atoms with Crippen molar-refractivity contribution in [3.05, 3.63) is 41.7 Å². The summed E-state index contributed by atoms with van der Waals surface area (Å²) in [5.41, 5.74) is 2.40. The number of nitrogens with one attached hydrogen (secondary N) is 1. The highest BCUT2D eigenvalue weighted by atomic mass is 16.5. The van der Waals surface area contributed by atoms with E-state index in [0.29, 0.717) is 12.6 Å². The maximum Gasteiger partial charge on any atom is 0.335 e. The van der Waals surface area contributed by atoms with E-state index in [1.54, 1.807) is 11.0 Å². The Morgan fingerprint density at radius 2 is 2.16 bits per heavy atom. The second kappa shape index (κ2) is 6.89. The Hall–Kier alpha value is -1.88. The summed E-state index contributed by atoms with van der Waals surface area (Å²) in [7, 11) is 1.82. The number of hydrogen-bond donors (Lipinski definition) is 1. The smallest absolute Gasteiger partial charge is 0.335 e. The molecule has 0 unspecified atom stereocenters. The number of rotatable bonds is 7. The Kier molecular flexibility index (Phi) is 4.92. The summed E-state index contributed by atoms with van der Waals surface area (Å²) in [6.07, 6.45) is 2.77. The zero-order valence-electron chi connectivity index (χ0n) is 11.5. The van der Waals surface area contributed by atoms with Crippen molar-refractivity contribution in [2.75, 3.05) is 6.54 Å². The lowest BCUT2D eigenvalue weighted by atomic mass is 10.1. The fourth-order valence-corrected chi connectivity index (χ4v) is 1.77. The predicted molar refractivity (Wildman–Crippen MR) is 73.8 cm³/mol. The molecule has 1 N–H and O–H groups in total. The van der Waals surface area contributed by atoms with Crippen LogP contribution < -0.4 is 10.1 Å². The molecule has 102 valence electrons. The van der Waals surface area contributed by atoms with Crippen LogP contribution in [-0.2, 0) is 20.2 Å². The number of ether oxygens (including phenoxy) is 1. The highest BCUT2D eigenvalue weighted by Crippen LogP contribution is 2.08. The number of aromatic nitrogens is 3. The van der Waals surface area contributed by atoms with Crippen molar-refractivity contribution in [2.24, 2.45) is 7.05 Å². The summed E-state index contributed by atoms with van der Waals surface area (Å²) in [4.78, 5) is 4.03. The molecule has 0 aliphatic rings.